The number of anilines is 1. The lowest BCUT2D eigenvalue weighted by Crippen LogP contribution is -2.49. The van der Waals surface area contributed by atoms with Crippen LogP contribution in [0.15, 0.2) is 29.2 Å². The Kier molecular flexibility index (Phi) is 7.32. The van der Waals surface area contributed by atoms with Crippen molar-refractivity contribution in [1.29, 1.82) is 0 Å². The van der Waals surface area contributed by atoms with Crippen LogP contribution in [-0.4, -0.2) is 57.0 Å². The third kappa shape index (κ3) is 5.36. The van der Waals surface area contributed by atoms with Gasteiger partial charge in [0.15, 0.2) is 0 Å². The molecule has 0 aromatic heterocycles. The Morgan fingerprint density at radius 1 is 1.14 bits per heavy atom. The van der Waals surface area contributed by atoms with Gasteiger partial charge in [-0.15, -0.1) is 0 Å². The van der Waals surface area contributed by atoms with Crippen molar-refractivity contribution in [2.24, 2.45) is 11.8 Å². The molecule has 2 N–H and O–H groups in total. The van der Waals surface area contributed by atoms with Crippen LogP contribution < -0.4 is 10.6 Å². The van der Waals surface area contributed by atoms with E-state index in [1.165, 1.54) is 17.1 Å². The second kappa shape index (κ2) is 9.55. The highest BCUT2D eigenvalue weighted by Crippen LogP contribution is 2.29. The molecular formula is C21H33N3O4S. The number of nitrogens with one attached hydrogen (secondary N) is 2. The first kappa shape index (κ1) is 22.2. The molecule has 1 aromatic rings. The molecule has 2 fully saturated rings. The second-order valence-corrected chi connectivity index (χ2v) is 10.2. The molecule has 1 heterocycles. The fraction of sp³-hybridized carbons (Fsp3) is 0.667. The molecule has 29 heavy (non-hydrogen) atoms. The molecule has 1 saturated carbocycles. The smallest absolute Gasteiger partial charge is 0.243 e. The molecule has 0 unspecified atom stereocenters. The molecule has 1 aliphatic carbocycles. The first-order chi connectivity index (χ1) is 13.8. The summed E-state index contributed by atoms with van der Waals surface area (Å²) in [6.45, 7) is 7.95. The van der Waals surface area contributed by atoms with Gasteiger partial charge in [-0.1, -0.05) is 26.7 Å². The molecule has 3 rings (SSSR count). The Bertz CT molecular complexity index is 791. The second-order valence-electron chi connectivity index (χ2n) is 8.29. The number of carbonyl (C=O) groups excluding carboxylic acids is 1. The first-order valence-electron chi connectivity index (χ1n) is 10.5. The highest BCUT2D eigenvalue weighted by atomic mass is 32.2. The van der Waals surface area contributed by atoms with E-state index < -0.39 is 10.0 Å². The van der Waals surface area contributed by atoms with Gasteiger partial charge in [0, 0.05) is 24.8 Å². The minimum Gasteiger partial charge on any atom is -0.379 e. The number of rotatable bonds is 6. The molecule has 1 saturated heterocycles. The Morgan fingerprint density at radius 3 is 2.45 bits per heavy atom. The summed E-state index contributed by atoms with van der Waals surface area (Å²) in [5.74, 6) is 1.10. The molecule has 162 valence electrons. The molecule has 7 nitrogen and oxygen atoms in total. The van der Waals surface area contributed by atoms with Crippen molar-refractivity contribution in [2.75, 3.05) is 31.6 Å². The predicted molar refractivity (Wildman–Crippen MR) is 113 cm³/mol. The maximum absolute atomic E-state index is 12.7. The predicted octanol–water partition coefficient (Wildman–Crippen LogP) is 2.45. The van der Waals surface area contributed by atoms with E-state index >= 15 is 0 Å². The molecule has 8 heteroatoms. The standard InChI is InChI=1S/C21H33N3O4S/c1-15-5-4-6-20(16(15)2)22-17(3)21(25)23-18-7-9-19(10-8-18)29(26,27)24-11-13-28-14-12-24/h7-10,15-17,20,22H,4-6,11-14H2,1-3H3,(H,23,25)/t15-,16+,17-,20+/m0/s1. The van der Waals surface area contributed by atoms with Gasteiger partial charge >= 0.3 is 0 Å². The van der Waals surface area contributed by atoms with E-state index in [1.54, 1.807) is 24.3 Å². The van der Waals surface area contributed by atoms with Crippen LogP contribution in [0, 0.1) is 11.8 Å². The summed E-state index contributed by atoms with van der Waals surface area (Å²) in [5, 5.41) is 6.36. The van der Waals surface area contributed by atoms with Gasteiger partial charge in [-0.05, 0) is 49.4 Å². The molecule has 1 aliphatic heterocycles. The SMILES string of the molecule is C[C@@H]1[C@@H](C)CCC[C@H]1N[C@@H](C)C(=O)Nc1ccc(S(=O)(=O)N2CCOCC2)cc1. The van der Waals surface area contributed by atoms with E-state index in [1.807, 2.05) is 6.92 Å². The molecular weight excluding hydrogens is 390 g/mol. The number of morpholine rings is 1. The summed E-state index contributed by atoms with van der Waals surface area (Å²) >= 11 is 0. The number of amides is 1. The zero-order valence-corrected chi connectivity index (χ0v) is 18.4. The molecule has 1 amide bonds. The zero-order chi connectivity index (χ0) is 21.0. The summed E-state index contributed by atoms with van der Waals surface area (Å²) < 4.78 is 32.0. The monoisotopic (exact) mass is 423 g/mol. The van der Waals surface area contributed by atoms with Crippen molar-refractivity contribution in [3.63, 3.8) is 0 Å². The van der Waals surface area contributed by atoms with Crippen LogP contribution in [0.25, 0.3) is 0 Å². The van der Waals surface area contributed by atoms with Gasteiger partial charge in [0.1, 0.15) is 0 Å². The van der Waals surface area contributed by atoms with Crippen molar-refractivity contribution in [2.45, 2.75) is 57.0 Å². The van der Waals surface area contributed by atoms with Gasteiger partial charge in [-0.25, -0.2) is 8.42 Å². The molecule has 0 bridgehead atoms. The minimum absolute atomic E-state index is 0.112. The van der Waals surface area contributed by atoms with E-state index in [0.717, 1.165) is 6.42 Å². The number of benzene rings is 1. The summed E-state index contributed by atoms with van der Waals surface area (Å²) in [7, 11) is -3.53. The molecule has 0 radical (unpaired) electrons. The van der Waals surface area contributed by atoms with Gasteiger partial charge in [0.25, 0.3) is 0 Å². The van der Waals surface area contributed by atoms with Crippen molar-refractivity contribution in [1.82, 2.24) is 9.62 Å². The topological polar surface area (TPSA) is 87.7 Å². The largest absolute Gasteiger partial charge is 0.379 e. The maximum Gasteiger partial charge on any atom is 0.243 e. The summed E-state index contributed by atoms with van der Waals surface area (Å²) in [5.41, 5.74) is 0.592. The molecule has 2 aliphatic rings. The highest BCUT2D eigenvalue weighted by molar-refractivity contribution is 7.89. The van der Waals surface area contributed by atoms with E-state index in [4.69, 9.17) is 4.74 Å². The number of hydrogen-bond acceptors (Lipinski definition) is 5. The fourth-order valence-corrected chi connectivity index (χ4v) is 5.52. The molecule has 4 atom stereocenters. The van der Waals surface area contributed by atoms with Crippen molar-refractivity contribution in [3.05, 3.63) is 24.3 Å². The average Bonchev–Trinajstić information content (AvgIpc) is 2.72. The van der Waals surface area contributed by atoms with Crippen LogP contribution >= 0.6 is 0 Å². The quantitative estimate of drug-likeness (QED) is 0.734. The van der Waals surface area contributed by atoms with Crippen molar-refractivity contribution < 1.29 is 17.9 Å². The Balaban J connectivity index is 1.58. The molecule has 1 aromatic carbocycles. The third-order valence-electron chi connectivity index (χ3n) is 6.29. The minimum atomic E-state index is -3.53. The van der Waals surface area contributed by atoms with E-state index in [0.29, 0.717) is 49.9 Å². The van der Waals surface area contributed by atoms with Crippen LogP contribution in [0.2, 0.25) is 0 Å². The zero-order valence-electron chi connectivity index (χ0n) is 17.6. The third-order valence-corrected chi connectivity index (χ3v) is 8.21. The van der Waals surface area contributed by atoms with Gasteiger partial charge in [-0.3, -0.25) is 4.79 Å². The summed E-state index contributed by atoms with van der Waals surface area (Å²) in [6.07, 6.45) is 3.54. The fourth-order valence-electron chi connectivity index (χ4n) is 4.11. The first-order valence-corrected chi connectivity index (χ1v) is 12.0. The number of hydrogen-bond donors (Lipinski definition) is 2. The average molecular weight is 424 g/mol. The normalized spacial score (nSPS) is 27.3. The lowest BCUT2D eigenvalue weighted by atomic mass is 9.78. The lowest BCUT2D eigenvalue weighted by molar-refractivity contribution is -0.118. The number of carbonyl (C=O) groups is 1. The highest BCUT2D eigenvalue weighted by Gasteiger charge is 2.29. The van der Waals surface area contributed by atoms with E-state index in [-0.39, 0.29) is 16.8 Å². The molecule has 0 spiro atoms. The van der Waals surface area contributed by atoms with E-state index in [2.05, 4.69) is 24.5 Å². The Hall–Kier alpha value is -1.48. The van der Waals surface area contributed by atoms with Gasteiger partial charge in [0.05, 0.1) is 24.2 Å². The van der Waals surface area contributed by atoms with Crippen LogP contribution in [-0.2, 0) is 19.6 Å². The summed E-state index contributed by atoms with van der Waals surface area (Å²) in [4.78, 5) is 12.8. The number of nitrogens with zero attached hydrogens (tertiary/aromatic N) is 1. The number of sulfonamides is 1. The van der Waals surface area contributed by atoms with Crippen molar-refractivity contribution in [3.8, 4) is 0 Å². The lowest BCUT2D eigenvalue weighted by Gasteiger charge is -2.36. The van der Waals surface area contributed by atoms with Gasteiger partial charge in [-0.2, -0.15) is 4.31 Å². The Morgan fingerprint density at radius 2 is 1.79 bits per heavy atom. The van der Waals surface area contributed by atoms with Gasteiger partial charge in [0.2, 0.25) is 15.9 Å². The Labute approximate surface area is 174 Å². The van der Waals surface area contributed by atoms with Crippen LogP contribution in [0.5, 0.6) is 0 Å². The van der Waals surface area contributed by atoms with Crippen LogP contribution in [0.1, 0.15) is 40.0 Å². The number of ether oxygens (including phenoxy) is 1. The van der Waals surface area contributed by atoms with Crippen LogP contribution in [0.3, 0.4) is 0 Å². The van der Waals surface area contributed by atoms with Crippen LogP contribution in [0.4, 0.5) is 5.69 Å². The van der Waals surface area contributed by atoms with Crippen molar-refractivity contribution >= 4 is 21.6 Å². The summed E-state index contributed by atoms with van der Waals surface area (Å²) in [6, 6.07) is 6.41. The maximum atomic E-state index is 12.7. The van der Waals surface area contributed by atoms with E-state index in [9.17, 15) is 13.2 Å². The van der Waals surface area contributed by atoms with Gasteiger partial charge < -0.3 is 15.4 Å².